The number of thiazole rings is 1. The number of carbonyl (C=O) groups is 1. The van der Waals surface area contributed by atoms with Crippen molar-refractivity contribution in [1.82, 2.24) is 9.13 Å². The highest BCUT2D eigenvalue weighted by Gasteiger charge is 2.31. The zero-order valence-corrected chi connectivity index (χ0v) is 25.1. The minimum atomic E-state index is -0.807. The van der Waals surface area contributed by atoms with Crippen molar-refractivity contribution in [2.75, 3.05) is 20.3 Å². The maximum absolute atomic E-state index is 14.0. The summed E-state index contributed by atoms with van der Waals surface area (Å²) >= 11 is 1.21. The Labute approximate surface area is 250 Å². The number of rotatable bonds is 9. The number of hydrogen-bond acceptors (Lipinski definition) is 9. The van der Waals surface area contributed by atoms with Crippen molar-refractivity contribution in [1.29, 1.82) is 0 Å². The second kappa shape index (κ2) is 12.1. The number of ether oxygens (including phenoxy) is 3. The van der Waals surface area contributed by atoms with E-state index >= 15 is 0 Å². The summed E-state index contributed by atoms with van der Waals surface area (Å²) in [5.41, 5.74) is 3.58. The van der Waals surface area contributed by atoms with Crippen molar-refractivity contribution in [3.8, 4) is 17.2 Å². The highest BCUT2D eigenvalue weighted by atomic mass is 32.1. The monoisotopic (exact) mass is 602 g/mol. The van der Waals surface area contributed by atoms with E-state index in [1.807, 2.05) is 38.3 Å². The highest BCUT2D eigenvalue weighted by Crippen LogP contribution is 2.35. The van der Waals surface area contributed by atoms with Gasteiger partial charge < -0.3 is 18.8 Å². The van der Waals surface area contributed by atoms with Gasteiger partial charge in [0.05, 0.1) is 47.1 Å². The normalized spacial score (nSPS) is 14.5. The molecule has 0 unspecified atom stereocenters. The number of non-ortho nitro benzene ring substituents is 1. The molecule has 3 heterocycles. The first-order chi connectivity index (χ1) is 20.7. The van der Waals surface area contributed by atoms with Crippen LogP contribution in [0.2, 0.25) is 0 Å². The molecule has 0 N–H and O–H groups in total. The Morgan fingerprint density at radius 2 is 1.84 bits per heavy atom. The summed E-state index contributed by atoms with van der Waals surface area (Å²) in [5.74, 6) is 0.456. The number of fused-ring (bicyclic) bond motifs is 1. The van der Waals surface area contributed by atoms with Crippen LogP contribution in [-0.2, 0) is 9.53 Å². The third-order valence-electron chi connectivity index (χ3n) is 7.06. The van der Waals surface area contributed by atoms with Gasteiger partial charge >= 0.3 is 5.97 Å². The average molecular weight is 603 g/mol. The van der Waals surface area contributed by atoms with Crippen LogP contribution in [0.25, 0.3) is 11.8 Å². The number of esters is 1. The number of aromatic nitrogens is 2. The molecule has 0 aliphatic carbocycles. The Bertz CT molecular complexity index is 1950. The van der Waals surface area contributed by atoms with E-state index < -0.39 is 16.9 Å². The Morgan fingerprint density at radius 1 is 1.09 bits per heavy atom. The van der Waals surface area contributed by atoms with Gasteiger partial charge in [-0.15, -0.1) is 0 Å². The largest absolute Gasteiger partial charge is 0.490 e. The van der Waals surface area contributed by atoms with Crippen molar-refractivity contribution in [3.63, 3.8) is 0 Å². The topological polar surface area (TPSA) is 127 Å². The van der Waals surface area contributed by atoms with Gasteiger partial charge in [0, 0.05) is 29.7 Å². The Morgan fingerprint density at radius 3 is 2.53 bits per heavy atom. The summed E-state index contributed by atoms with van der Waals surface area (Å²) in [7, 11) is 1.28. The quantitative estimate of drug-likeness (QED) is 0.160. The summed E-state index contributed by atoms with van der Waals surface area (Å²) in [6.07, 6.45) is 3.22. The first-order valence-electron chi connectivity index (χ1n) is 13.6. The van der Waals surface area contributed by atoms with E-state index in [1.165, 1.54) is 41.3 Å². The van der Waals surface area contributed by atoms with Gasteiger partial charge in [-0.3, -0.25) is 19.5 Å². The summed E-state index contributed by atoms with van der Waals surface area (Å²) in [6.45, 7) is 8.38. The van der Waals surface area contributed by atoms with Gasteiger partial charge in [-0.25, -0.2) is 9.79 Å². The van der Waals surface area contributed by atoms with Crippen LogP contribution in [0.5, 0.6) is 11.5 Å². The molecule has 43 heavy (non-hydrogen) atoms. The number of nitro benzene ring substituents is 1. The van der Waals surface area contributed by atoms with Crippen LogP contribution in [0.3, 0.4) is 0 Å². The van der Waals surface area contributed by atoms with E-state index in [0.717, 1.165) is 17.0 Å². The zero-order valence-electron chi connectivity index (χ0n) is 24.3. The van der Waals surface area contributed by atoms with Crippen molar-refractivity contribution in [2.45, 2.75) is 33.7 Å². The summed E-state index contributed by atoms with van der Waals surface area (Å²) < 4.78 is 20.4. The van der Waals surface area contributed by atoms with Gasteiger partial charge in [0.1, 0.15) is 0 Å². The lowest BCUT2D eigenvalue weighted by molar-refractivity contribution is -0.384. The third kappa shape index (κ3) is 5.48. The van der Waals surface area contributed by atoms with E-state index in [-0.39, 0.29) is 16.8 Å². The number of hydrogen-bond donors (Lipinski definition) is 0. The van der Waals surface area contributed by atoms with Crippen LogP contribution < -0.4 is 24.4 Å². The molecular weight excluding hydrogens is 572 g/mol. The molecule has 1 aliphatic rings. The molecule has 0 fully saturated rings. The second-order valence-corrected chi connectivity index (χ2v) is 10.7. The van der Waals surface area contributed by atoms with E-state index in [2.05, 4.69) is 4.99 Å². The molecule has 0 saturated carbocycles. The van der Waals surface area contributed by atoms with Gasteiger partial charge in [-0.1, -0.05) is 23.5 Å². The summed E-state index contributed by atoms with van der Waals surface area (Å²) in [5, 5.41) is 11.3. The summed E-state index contributed by atoms with van der Waals surface area (Å²) in [4.78, 5) is 42.6. The minimum Gasteiger partial charge on any atom is -0.490 e. The van der Waals surface area contributed by atoms with Crippen LogP contribution in [0, 0.1) is 24.0 Å². The molecule has 0 bridgehead atoms. The molecule has 0 amide bonds. The van der Waals surface area contributed by atoms with Gasteiger partial charge in [-0.05, 0) is 69.2 Å². The van der Waals surface area contributed by atoms with Crippen molar-refractivity contribution in [2.24, 2.45) is 4.99 Å². The number of nitrogens with zero attached hydrogens (tertiary/aromatic N) is 4. The summed E-state index contributed by atoms with van der Waals surface area (Å²) in [6, 6.07) is 12.8. The molecule has 4 aromatic rings. The molecule has 12 heteroatoms. The molecule has 0 spiro atoms. The third-order valence-corrected chi connectivity index (χ3v) is 8.06. The van der Waals surface area contributed by atoms with Crippen LogP contribution >= 0.6 is 11.3 Å². The smallest absolute Gasteiger partial charge is 0.337 e. The number of nitro groups is 1. The maximum Gasteiger partial charge on any atom is 0.337 e. The van der Waals surface area contributed by atoms with Gasteiger partial charge in [0.2, 0.25) is 0 Å². The first kappa shape index (κ1) is 29.5. The minimum absolute atomic E-state index is 0.0111. The van der Waals surface area contributed by atoms with Gasteiger partial charge in [0.25, 0.3) is 11.2 Å². The number of methoxy groups -OCH3 is 1. The Kier molecular flexibility index (Phi) is 8.31. The van der Waals surface area contributed by atoms with Crippen LogP contribution in [-0.4, -0.2) is 40.4 Å². The molecule has 11 nitrogen and oxygen atoms in total. The second-order valence-electron chi connectivity index (χ2n) is 9.69. The van der Waals surface area contributed by atoms with E-state index in [0.29, 0.717) is 45.3 Å². The van der Waals surface area contributed by atoms with E-state index in [9.17, 15) is 19.7 Å². The fourth-order valence-electron chi connectivity index (χ4n) is 5.21. The zero-order chi connectivity index (χ0) is 30.8. The molecule has 0 radical (unpaired) electrons. The SMILES string of the molecule is CCOc1ccc([C@@H]2C(C(=O)OC)=CN=c3s/c(=C\c4cc(C)n(-c5cccc([N+](=O)[O-])c5)c4C)c(=O)n32)cc1OCC. The number of carbonyl (C=O) groups excluding carboxylic acids is 1. The van der Waals surface area contributed by atoms with Crippen molar-refractivity contribution in [3.05, 3.63) is 113 Å². The van der Waals surface area contributed by atoms with Crippen molar-refractivity contribution < 1.29 is 23.9 Å². The van der Waals surface area contributed by atoms with E-state index in [4.69, 9.17) is 14.2 Å². The van der Waals surface area contributed by atoms with Crippen LogP contribution in [0.15, 0.2) is 70.1 Å². The predicted octanol–water partition coefficient (Wildman–Crippen LogP) is 4.13. The Hall–Kier alpha value is -4.97. The molecule has 2 aromatic heterocycles. The highest BCUT2D eigenvalue weighted by molar-refractivity contribution is 7.07. The molecule has 1 atom stereocenters. The predicted molar refractivity (Wildman–Crippen MR) is 162 cm³/mol. The van der Waals surface area contributed by atoms with E-state index in [1.54, 1.807) is 36.4 Å². The molecular formula is C31H30N4O7S. The van der Waals surface area contributed by atoms with Crippen LogP contribution in [0.1, 0.15) is 42.4 Å². The molecule has 2 aromatic carbocycles. The number of aryl methyl sites for hydroxylation is 1. The molecule has 1 aliphatic heterocycles. The Balaban J connectivity index is 1.65. The van der Waals surface area contributed by atoms with Gasteiger partial charge in [0.15, 0.2) is 16.3 Å². The standard InChI is InChI=1S/C31H30N4O7S/c1-6-41-25-12-11-20(14-26(25)42-7-2)28-24(30(37)40-5)17-32-31-34(28)29(36)27(43-31)15-21-13-18(3)33(19(21)4)22-9-8-10-23(16-22)35(38)39/h8-17,28H,6-7H2,1-5H3/b27-15-/t28-/m1/s1. The first-order valence-corrected chi connectivity index (χ1v) is 14.4. The fourth-order valence-corrected chi connectivity index (χ4v) is 6.17. The molecule has 0 saturated heterocycles. The molecule has 5 rings (SSSR count). The average Bonchev–Trinajstić information content (AvgIpc) is 3.47. The lowest BCUT2D eigenvalue weighted by Crippen LogP contribution is -2.39. The lowest BCUT2D eigenvalue weighted by atomic mass is 9.97. The lowest BCUT2D eigenvalue weighted by Gasteiger charge is -2.23. The fraction of sp³-hybridized carbons (Fsp3) is 0.258. The van der Waals surface area contributed by atoms with Crippen LogP contribution in [0.4, 0.5) is 5.69 Å². The molecule has 222 valence electrons. The number of benzene rings is 2. The van der Waals surface area contributed by atoms with Crippen molar-refractivity contribution >= 4 is 29.1 Å². The van der Waals surface area contributed by atoms with Gasteiger partial charge in [-0.2, -0.15) is 0 Å². The maximum atomic E-state index is 14.0.